The van der Waals surface area contributed by atoms with Crippen LogP contribution in [0.5, 0.6) is 0 Å². The van der Waals surface area contributed by atoms with Crippen molar-refractivity contribution in [3.63, 3.8) is 0 Å². The Hall–Kier alpha value is -4.26. The lowest BCUT2D eigenvalue weighted by molar-refractivity contribution is 0.280. The second-order valence-electron chi connectivity index (χ2n) is 9.38. The van der Waals surface area contributed by atoms with Crippen LogP contribution in [0.4, 0.5) is 5.82 Å². The number of benzene rings is 2. The maximum atomic E-state index is 12.5. The molecule has 0 N–H and O–H groups in total. The number of nitrogens with zero attached hydrogens (tertiary/aromatic N) is 5. The smallest absolute Gasteiger partial charge is 0.250 e. The molecule has 172 valence electrons. The van der Waals surface area contributed by atoms with E-state index in [2.05, 4.69) is 11.0 Å². The molecule has 0 spiro atoms. The summed E-state index contributed by atoms with van der Waals surface area (Å²) >= 11 is 0. The Balaban J connectivity index is 1.37. The van der Waals surface area contributed by atoms with Gasteiger partial charge in [-0.1, -0.05) is 54.6 Å². The van der Waals surface area contributed by atoms with Crippen LogP contribution >= 0.6 is 0 Å². The third-order valence-corrected chi connectivity index (χ3v) is 7.07. The van der Waals surface area contributed by atoms with Crippen LogP contribution in [-0.4, -0.2) is 32.6 Å². The lowest BCUT2D eigenvalue weighted by Crippen LogP contribution is -2.47. The van der Waals surface area contributed by atoms with Gasteiger partial charge in [0.1, 0.15) is 0 Å². The highest BCUT2D eigenvalue weighted by Crippen LogP contribution is 2.39. The fourth-order valence-corrected chi connectivity index (χ4v) is 5.51. The Bertz CT molecular complexity index is 1590. The van der Waals surface area contributed by atoms with Crippen molar-refractivity contribution in [2.24, 2.45) is 5.92 Å². The van der Waals surface area contributed by atoms with Gasteiger partial charge in [-0.05, 0) is 30.5 Å². The lowest BCUT2D eigenvalue weighted by Gasteiger charge is -2.43. The summed E-state index contributed by atoms with van der Waals surface area (Å²) in [5.74, 6) is 2.56. The van der Waals surface area contributed by atoms with Crippen molar-refractivity contribution in [1.82, 2.24) is 19.5 Å². The Labute approximate surface area is 201 Å². The first kappa shape index (κ1) is 20.1. The molecule has 0 saturated carbocycles. The summed E-state index contributed by atoms with van der Waals surface area (Å²) in [5, 5.41) is 0. The van der Waals surface area contributed by atoms with E-state index in [0.717, 1.165) is 48.7 Å². The van der Waals surface area contributed by atoms with Gasteiger partial charge in [0.15, 0.2) is 11.6 Å². The summed E-state index contributed by atoms with van der Waals surface area (Å²) < 4.78 is 8.25. The zero-order valence-corrected chi connectivity index (χ0v) is 19.0. The van der Waals surface area contributed by atoms with E-state index in [9.17, 15) is 4.79 Å². The van der Waals surface area contributed by atoms with E-state index < -0.39 is 0 Å². The number of rotatable bonds is 3. The number of hydrogen-bond acceptors (Lipinski definition) is 6. The van der Waals surface area contributed by atoms with Crippen molar-refractivity contribution < 1.29 is 4.42 Å². The average molecular weight is 462 g/mol. The number of anilines is 1. The fourth-order valence-electron chi connectivity index (χ4n) is 5.51. The van der Waals surface area contributed by atoms with Crippen LogP contribution in [0.1, 0.15) is 18.0 Å². The molecule has 0 aliphatic carbocycles. The molecule has 0 amide bonds. The highest BCUT2D eigenvalue weighted by molar-refractivity contribution is 5.85. The molecular weight excluding hydrogens is 438 g/mol. The van der Waals surface area contributed by atoms with Gasteiger partial charge in [-0.15, -0.1) is 0 Å². The number of aromatic nitrogens is 4. The van der Waals surface area contributed by atoms with Crippen LogP contribution in [0.2, 0.25) is 0 Å². The van der Waals surface area contributed by atoms with Gasteiger partial charge in [-0.25, -0.2) is 9.97 Å². The van der Waals surface area contributed by atoms with Crippen LogP contribution in [0, 0.1) is 5.92 Å². The van der Waals surface area contributed by atoms with E-state index in [1.807, 2.05) is 71.3 Å². The van der Waals surface area contributed by atoms with Crippen LogP contribution in [0.25, 0.3) is 34.1 Å². The van der Waals surface area contributed by atoms with Crippen LogP contribution in [0.3, 0.4) is 0 Å². The summed E-state index contributed by atoms with van der Waals surface area (Å²) in [6.07, 6.45) is 1.07. The number of pyridine rings is 1. The molecule has 5 aromatic rings. The molecule has 2 bridgehead atoms. The molecule has 2 aromatic carbocycles. The Kier molecular flexibility index (Phi) is 4.55. The number of oxazole rings is 1. The molecule has 35 heavy (non-hydrogen) atoms. The zero-order valence-electron chi connectivity index (χ0n) is 19.0. The van der Waals surface area contributed by atoms with E-state index in [4.69, 9.17) is 19.4 Å². The first-order valence-electron chi connectivity index (χ1n) is 12.0. The van der Waals surface area contributed by atoms with E-state index in [1.165, 1.54) is 0 Å². The molecule has 7 rings (SSSR count). The number of hydrogen-bond donors (Lipinski definition) is 0. The summed E-state index contributed by atoms with van der Waals surface area (Å²) in [4.78, 5) is 29.3. The van der Waals surface area contributed by atoms with Gasteiger partial charge < -0.3 is 13.9 Å². The molecule has 2 aliphatic heterocycles. The van der Waals surface area contributed by atoms with Gasteiger partial charge in [0.05, 0.1) is 0 Å². The van der Waals surface area contributed by atoms with Crippen molar-refractivity contribution in [2.75, 3.05) is 18.0 Å². The Morgan fingerprint density at radius 2 is 1.54 bits per heavy atom. The third kappa shape index (κ3) is 3.43. The van der Waals surface area contributed by atoms with Gasteiger partial charge in [0, 0.05) is 48.4 Å². The van der Waals surface area contributed by atoms with Crippen molar-refractivity contribution >= 4 is 17.0 Å². The van der Waals surface area contributed by atoms with E-state index in [1.54, 1.807) is 6.07 Å². The largest absolute Gasteiger partial charge is 0.430 e. The topological polar surface area (TPSA) is 77.1 Å². The van der Waals surface area contributed by atoms with Crippen molar-refractivity contribution in [3.8, 4) is 22.8 Å². The highest BCUT2D eigenvalue weighted by atomic mass is 16.4. The molecule has 0 radical (unpaired) electrons. The number of piperidine rings is 1. The van der Waals surface area contributed by atoms with E-state index >= 15 is 0 Å². The highest BCUT2D eigenvalue weighted by Gasteiger charge is 2.36. The second kappa shape index (κ2) is 7.91. The normalized spacial score (nSPS) is 19.0. The molecule has 1 fully saturated rings. The third-order valence-electron chi connectivity index (χ3n) is 7.07. The summed E-state index contributed by atoms with van der Waals surface area (Å²) in [6, 6.07) is 25.5. The van der Waals surface area contributed by atoms with Gasteiger partial charge >= 0.3 is 0 Å². The maximum absolute atomic E-state index is 12.5. The van der Waals surface area contributed by atoms with Crippen LogP contribution in [0.15, 0.2) is 88.1 Å². The molecule has 2 atom stereocenters. The molecule has 1 saturated heterocycles. The lowest BCUT2D eigenvalue weighted by atomic mass is 9.83. The molecule has 2 aliphatic rings. The SMILES string of the molecule is O=c1cccc2n1C[C@@H]1C[C@@H]2CN(c2nc(-c3ccccc3)nc3nc(-c4ccccc4)oc23)C1. The van der Waals surface area contributed by atoms with Gasteiger partial charge in [-0.2, -0.15) is 4.98 Å². The zero-order chi connectivity index (χ0) is 23.4. The summed E-state index contributed by atoms with van der Waals surface area (Å²) in [5.41, 5.74) is 4.20. The predicted octanol–water partition coefficient (Wildman–Crippen LogP) is 4.74. The molecule has 7 nitrogen and oxygen atoms in total. The van der Waals surface area contributed by atoms with Gasteiger partial charge in [-0.3, -0.25) is 4.79 Å². The van der Waals surface area contributed by atoms with Crippen molar-refractivity contribution in [2.45, 2.75) is 18.9 Å². The Morgan fingerprint density at radius 3 is 2.34 bits per heavy atom. The monoisotopic (exact) mass is 461 g/mol. The molecule has 3 aromatic heterocycles. The van der Waals surface area contributed by atoms with E-state index in [-0.39, 0.29) is 11.5 Å². The quantitative estimate of drug-likeness (QED) is 0.386. The fraction of sp³-hybridized carbons (Fsp3) is 0.214. The standard InChI is InChI=1S/C28H23N5O2/c34-23-13-7-12-22-21-14-18(16-33(22)23)15-32(17-21)27-24-26(29-25(30-27)19-8-3-1-4-9-19)31-28(35-24)20-10-5-2-6-11-20/h1-13,18,21H,14-17H2/t18-,21-/m1/s1. The summed E-state index contributed by atoms with van der Waals surface area (Å²) in [6.45, 7) is 2.30. The molecular formula is C28H23N5O2. The average Bonchev–Trinajstić information content (AvgIpc) is 3.34. The predicted molar refractivity (Wildman–Crippen MR) is 134 cm³/mol. The van der Waals surface area contributed by atoms with Crippen LogP contribution in [-0.2, 0) is 6.54 Å². The molecule has 7 heteroatoms. The summed E-state index contributed by atoms with van der Waals surface area (Å²) in [7, 11) is 0. The van der Waals surface area contributed by atoms with Gasteiger partial charge in [0.2, 0.25) is 17.1 Å². The number of fused-ring (bicyclic) bond motifs is 5. The van der Waals surface area contributed by atoms with Crippen molar-refractivity contribution in [1.29, 1.82) is 0 Å². The molecule has 5 heterocycles. The maximum Gasteiger partial charge on any atom is 0.250 e. The minimum atomic E-state index is 0.0872. The minimum Gasteiger partial charge on any atom is -0.430 e. The van der Waals surface area contributed by atoms with E-state index in [0.29, 0.717) is 28.9 Å². The minimum absolute atomic E-state index is 0.0872. The first-order chi connectivity index (χ1) is 17.2. The van der Waals surface area contributed by atoms with Crippen LogP contribution < -0.4 is 10.5 Å². The Morgan fingerprint density at radius 1 is 0.771 bits per heavy atom. The van der Waals surface area contributed by atoms with Crippen molar-refractivity contribution in [3.05, 3.63) is 94.9 Å². The van der Waals surface area contributed by atoms with Gasteiger partial charge in [0.25, 0.3) is 5.56 Å². The molecule has 0 unspecified atom stereocenters. The first-order valence-corrected chi connectivity index (χ1v) is 12.0. The second-order valence-corrected chi connectivity index (χ2v) is 9.38.